The first-order chi connectivity index (χ1) is 11.5. The van der Waals surface area contributed by atoms with Crippen molar-refractivity contribution in [3.63, 3.8) is 0 Å². The highest BCUT2D eigenvalue weighted by molar-refractivity contribution is 5.79. The zero-order valence-electron chi connectivity index (χ0n) is 14.9. The van der Waals surface area contributed by atoms with Crippen molar-refractivity contribution < 1.29 is 9.90 Å². The summed E-state index contributed by atoms with van der Waals surface area (Å²) < 4.78 is 0. The number of rotatable bonds is 7. The van der Waals surface area contributed by atoms with Crippen molar-refractivity contribution in [1.82, 2.24) is 9.80 Å². The Labute approximate surface area is 145 Å². The lowest BCUT2D eigenvalue weighted by Crippen LogP contribution is -2.41. The number of hydrogen-bond acceptors (Lipinski definition) is 3. The molecule has 0 bridgehead atoms. The standard InChI is InChI=1S/C20H30N2O2/c1-15-6-8-16(9-7-15)12-22(18-10-11-18)20(24)14-21(2)13-17-4-3-5-19(17)23/h6-9,17-19,23H,3-5,10-14H2,1-2H3. The average molecular weight is 330 g/mol. The minimum absolute atomic E-state index is 0.186. The number of aryl methyl sites for hydroxylation is 1. The average Bonchev–Trinajstić information content (AvgIpc) is 3.31. The second kappa shape index (κ2) is 7.66. The summed E-state index contributed by atoms with van der Waals surface area (Å²) in [5.74, 6) is 0.544. The fourth-order valence-corrected chi connectivity index (χ4v) is 3.71. The Kier molecular flexibility index (Phi) is 5.57. The molecule has 1 amide bonds. The predicted molar refractivity (Wildman–Crippen MR) is 95.6 cm³/mol. The monoisotopic (exact) mass is 330 g/mol. The van der Waals surface area contributed by atoms with E-state index in [2.05, 4.69) is 36.1 Å². The second-order valence-electron chi connectivity index (χ2n) is 7.69. The Hall–Kier alpha value is -1.39. The molecule has 2 fully saturated rings. The third-order valence-electron chi connectivity index (χ3n) is 5.35. The van der Waals surface area contributed by atoms with Crippen molar-refractivity contribution in [2.75, 3.05) is 20.1 Å². The number of benzene rings is 1. The highest BCUT2D eigenvalue weighted by Gasteiger charge is 2.33. The van der Waals surface area contributed by atoms with Crippen LogP contribution in [0.2, 0.25) is 0 Å². The van der Waals surface area contributed by atoms with Crippen LogP contribution >= 0.6 is 0 Å². The van der Waals surface area contributed by atoms with Gasteiger partial charge >= 0.3 is 0 Å². The Morgan fingerprint density at radius 3 is 2.46 bits per heavy atom. The molecule has 24 heavy (non-hydrogen) atoms. The van der Waals surface area contributed by atoms with Gasteiger partial charge in [0, 0.05) is 19.1 Å². The molecule has 2 aliphatic rings. The molecule has 2 saturated carbocycles. The minimum Gasteiger partial charge on any atom is -0.393 e. The van der Waals surface area contributed by atoms with Gasteiger partial charge in [0.1, 0.15) is 0 Å². The van der Waals surface area contributed by atoms with E-state index in [4.69, 9.17) is 0 Å². The Balaban J connectivity index is 1.55. The molecule has 0 radical (unpaired) electrons. The summed E-state index contributed by atoms with van der Waals surface area (Å²) >= 11 is 0. The van der Waals surface area contributed by atoms with Crippen LogP contribution in [0.4, 0.5) is 0 Å². The first kappa shape index (κ1) is 17.4. The summed E-state index contributed by atoms with van der Waals surface area (Å²) in [6.07, 6.45) is 5.17. The molecule has 2 unspecified atom stereocenters. The van der Waals surface area contributed by atoms with Gasteiger partial charge < -0.3 is 10.0 Å². The number of aliphatic hydroxyl groups is 1. The first-order valence-electron chi connectivity index (χ1n) is 9.24. The van der Waals surface area contributed by atoms with Gasteiger partial charge in [-0.15, -0.1) is 0 Å². The molecule has 3 rings (SSSR count). The van der Waals surface area contributed by atoms with Gasteiger partial charge in [-0.1, -0.05) is 36.2 Å². The minimum atomic E-state index is -0.186. The predicted octanol–water partition coefficient (Wildman–Crippen LogP) is 2.58. The van der Waals surface area contributed by atoms with Crippen molar-refractivity contribution in [3.05, 3.63) is 35.4 Å². The lowest BCUT2D eigenvalue weighted by atomic mass is 10.1. The van der Waals surface area contributed by atoms with Gasteiger partial charge in [-0.3, -0.25) is 9.69 Å². The smallest absolute Gasteiger partial charge is 0.237 e. The van der Waals surface area contributed by atoms with Crippen molar-refractivity contribution >= 4 is 5.91 Å². The van der Waals surface area contributed by atoms with Gasteiger partial charge in [0.25, 0.3) is 0 Å². The maximum absolute atomic E-state index is 12.8. The largest absolute Gasteiger partial charge is 0.393 e. The van der Waals surface area contributed by atoms with Crippen molar-refractivity contribution in [2.24, 2.45) is 5.92 Å². The van der Waals surface area contributed by atoms with Crippen LogP contribution in [0.5, 0.6) is 0 Å². The molecular weight excluding hydrogens is 300 g/mol. The zero-order chi connectivity index (χ0) is 17.1. The van der Waals surface area contributed by atoms with Gasteiger partial charge in [-0.2, -0.15) is 0 Å². The number of carbonyl (C=O) groups is 1. The fraction of sp³-hybridized carbons (Fsp3) is 0.650. The normalized spacial score (nSPS) is 23.7. The highest BCUT2D eigenvalue weighted by atomic mass is 16.3. The number of nitrogens with zero attached hydrogens (tertiary/aromatic N) is 2. The molecule has 2 atom stereocenters. The summed E-state index contributed by atoms with van der Waals surface area (Å²) in [6.45, 7) is 4.06. The van der Waals surface area contributed by atoms with Crippen LogP contribution < -0.4 is 0 Å². The number of hydrogen-bond donors (Lipinski definition) is 1. The lowest BCUT2D eigenvalue weighted by Gasteiger charge is -2.27. The number of amides is 1. The summed E-state index contributed by atoms with van der Waals surface area (Å²) in [6, 6.07) is 8.88. The van der Waals surface area contributed by atoms with Gasteiger partial charge in [0.15, 0.2) is 0 Å². The lowest BCUT2D eigenvalue weighted by molar-refractivity contribution is -0.133. The SMILES string of the molecule is Cc1ccc(CN(C(=O)CN(C)CC2CCCC2O)C2CC2)cc1. The van der Waals surface area contributed by atoms with Crippen molar-refractivity contribution in [2.45, 2.75) is 57.7 Å². The van der Waals surface area contributed by atoms with Gasteiger partial charge in [-0.25, -0.2) is 0 Å². The quantitative estimate of drug-likeness (QED) is 0.836. The maximum Gasteiger partial charge on any atom is 0.237 e. The van der Waals surface area contributed by atoms with E-state index < -0.39 is 0 Å². The van der Waals surface area contributed by atoms with E-state index in [0.717, 1.165) is 38.6 Å². The van der Waals surface area contributed by atoms with Crippen LogP contribution in [0.3, 0.4) is 0 Å². The summed E-state index contributed by atoms with van der Waals surface area (Å²) in [7, 11) is 2.00. The first-order valence-corrected chi connectivity index (χ1v) is 9.24. The van der Waals surface area contributed by atoms with Gasteiger partial charge in [0.05, 0.1) is 12.6 Å². The van der Waals surface area contributed by atoms with E-state index in [1.807, 2.05) is 11.9 Å². The Bertz CT molecular complexity index is 553. The van der Waals surface area contributed by atoms with Crippen LogP contribution in [0.1, 0.15) is 43.2 Å². The van der Waals surface area contributed by atoms with E-state index in [1.165, 1.54) is 11.1 Å². The van der Waals surface area contributed by atoms with Crippen LogP contribution in [0, 0.1) is 12.8 Å². The third-order valence-corrected chi connectivity index (χ3v) is 5.35. The van der Waals surface area contributed by atoms with E-state index in [9.17, 15) is 9.90 Å². The number of carbonyl (C=O) groups excluding carboxylic acids is 1. The van der Waals surface area contributed by atoms with E-state index >= 15 is 0 Å². The van der Waals surface area contributed by atoms with Crippen molar-refractivity contribution in [1.29, 1.82) is 0 Å². The molecule has 0 aromatic heterocycles. The fourth-order valence-electron chi connectivity index (χ4n) is 3.71. The third kappa shape index (κ3) is 4.58. The number of likely N-dealkylation sites (N-methyl/N-ethyl adjacent to an activating group) is 1. The van der Waals surface area contributed by atoms with Gasteiger partial charge in [-0.05, 0) is 51.1 Å². The van der Waals surface area contributed by atoms with E-state index in [0.29, 0.717) is 25.0 Å². The molecule has 1 aromatic carbocycles. The molecule has 0 saturated heterocycles. The zero-order valence-corrected chi connectivity index (χ0v) is 14.9. The van der Waals surface area contributed by atoms with Gasteiger partial charge in [0.2, 0.25) is 5.91 Å². The highest BCUT2D eigenvalue weighted by Crippen LogP contribution is 2.29. The molecule has 4 nitrogen and oxygen atoms in total. The molecule has 1 aromatic rings. The molecule has 132 valence electrons. The Morgan fingerprint density at radius 1 is 1.17 bits per heavy atom. The van der Waals surface area contributed by atoms with Crippen LogP contribution in [-0.4, -0.2) is 53.1 Å². The second-order valence-corrected chi connectivity index (χ2v) is 7.69. The van der Waals surface area contributed by atoms with E-state index in [1.54, 1.807) is 0 Å². The maximum atomic E-state index is 12.8. The van der Waals surface area contributed by atoms with Crippen LogP contribution in [0.25, 0.3) is 0 Å². The molecule has 4 heteroatoms. The summed E-state index contributed by atoms with van der Waals surface area (Å²) in [4.78, 5) is 16.9. The summed E-state index contributed by atoms with van der Waals surface area (Å²) in [5.41, 5.74) is 2.45. The van der Waals surface area contributed by atoms with Crippen LogP contribution in [0.15, 0.2) is 24.3 Å². The topological polar surface area (TPSA) is 43.8 Å². The molecule has 0 aliphatic heterocycles. The van der Waals surface area contributed by atoms with Crippen molar-refractivity contribution in [3.8, 4) is 0 Å². The summed E-state index contributed by atoms with van der Waals surface area (Å²) in [5, 5.41) is 9.97. The molecule has 0 spiro atoms. The Morgan fingerprint density at radius 2 is 1.88 bits per heavy atom. The molecule has 2 aliphatic carbocycles. The van der Waals surface area contributed by atoms with Crippen LogP contribution in [-0.2, 0) is 11.3 Å². The molecular formula is C20H30N2O2. The molecule has 0 heterocycles. The van der Waals surface area contributed by atoms with E-state index in [-0.39, 0.29) is 12.0 Å². The molecule has 1 N–H and O–H groups in total. The number of aliphatic hydroxyl groups excluding tert-OH is 1.